The molecule has 0 aliphatic rings. The summed E-state index contributed by atoms with van der Waals surface area (Å²) in [4.78, 5) is 6.12. The minimum absolute atomic E-state index is 0. The second-order valence-electron chi connectivity index (χ2n) is 5.78. The Morgan fingerprint density at radius 2 is 1.93 bits per heavy atom. The summed E-state index contributed by atoms with van der Waals surface area (Å²) in [5.74, 6) is 0.466. The van der Waals surface area contributed by atoms with Crippen LogP contribution in [-0.4, -0.2) is 42.7 Å². The van der Waals surface area contributed by atoms with E-state index in [1.165, 1.54) is 18.2 Å². The molecule has 0 atom stereocenters. The molecule has 150 valence electrons. The molecule has 2 aromatic rings. The average Bonchev–Trinajstić information content (AvgIpc) is 2.99. The van der Waals surface area contributed by atoms with Crippen LogP contribution in [0, 0.1) is 0 Å². The Bertz CT molecular complexity index is 746. The predicted molar refractivity (Wildman–Crippen MR) is 111 cm³/mol. The van der Waals surface area contributed by atoms with Crippen molar-refractivity contribution >= 4 is 29.9 Å². The summed E-state index contributed by atoms with van der Waals surface area (Å²) in [6.07, 6.45) is -2.47. The first-order valence-corrected chi connectivity index (χ1v) is 8.14. The molecule has 0 spiro atoms. The first-order chi connectivity index (χ1) is 12.3. The summed E-state index contributed by atoms with van der Waals surface area (Å²) in [6.45, 7) is 1.07. The van der Waals surface area contributed by atoms with Crippen molar-refractivity contribution in [1.82, 2.24) is 14.8 Å². The third-order valence-corrected chi connectivity index (χ3v) is 3.86. The number of aliphatic imine (C=N–C) groups is 1. The van der Waals surface area contributed by atoms with Crippen molar-refractivity contribution in [3.8, 4) is 5.75 Å². The van der Waals surface area contributed by atoms with E-state index in [1.807, 2.05) is 41.9 Å². The zero-order chi connectivity index (χ0) is 19.2. The van der Waals surface area contributed by atoms with Gasteiger partial charge in [-0.05, 0) is 24.3 Å². The molecular formula is C18H24F3IN4O. The molecule has 0 saturated heterocycles. The third-order valence-electron chi connectivity index (χ3n) is 3.86. The van der Waals surface area contributed by atoms with Crippen molar-refractivity contribution in [2.75, 3.05) is 27.2 Å². The van der Waals surface area contributed by atoms with Crippen molar-refractivity contribution in [1.29, 1.82) is 0 Å². The monoisotopic (exact) mass is 496 g/mol. The highest BCUT2D eigenvalue weighted by atomic mass is 127. The van der Waals surface area contributed by atoms with Crippen LogP contribution in [0.25, 0.3) is 0 Å². The zero-order valence-corrected chi connectivity index (χ0v) is 17.8. The number of benzene rings is 1. The lowest BCUT2D eigenvalue weighted by molar-refractivity contribution is -0.138. The van der Waals surface area contributed by atoms with Gasteiger partial charge in [-0.3, -0.25) is 4.99 Å². The quantitative estimate of drug-likeness (QED) is 0.287. The van der Waals surface area contributed by atoms with Gasteiger partial charge in [0.1, 0.15) is 12.4 Å². The minimum Gasteiger partial charge on any atom is -0.491 e. The van der Waals surface area contributed by atoms with Crippen molar-refractivity contribution < 1.29 is 17.9 Å². The second kappa shape index (κ2) is 10.4. The fourth-order valence-corrected chi connectivity index (χ4v) is 2.51. The SMILES string of the molecule is CN=C(NCCOc1ccccc1C(F)(F)F)N(C)Cc1cccn1C.I. The fraction of sp³-hybridized carbons (Fsp3) is 0.389. The van der Waals surface area contributed by atoms with E-state index in [1.54, 1.807) is 7.05 Å². The van der Waals surface area contributed by atoms with E-state index in [0.29, 0.717) is 19.0 Å². The van der Waals surface area contributed by atoms with Crippen LogP contribution < -0.4 is 10.1 Å². The molecule has 2 rings (SSSR count). The highest BCUT2D eigenvalue weighted by Gasteiger charge is 2.33. The van der Waals surface area contributed by atoms with Gasteiger partial charge in [0.15, 0.2) is 5.96 Å². The Morgan fingerprint density at radius 3 is 2.52 bits per heavy atom. The molecule has 0 aliphatic heterocycles. The number of alkyl halides is 3. The Hall–Kier alpha value is -1.91. The highest BCUT2D eigenvalue weighted by molar-refractivity contribution is 14.0. The summed E-state index contributed by atoms with van der Waals surface area (Å²) < 4.78 is 46.1. The normalized spacial score (nSPS) is 11.7. The molecule has 5 nitrogen and oxygen atoms in total. The molecule has 0 radical (unpaired) electrons. The molecule has 0 amide bonds. The van der Waals surface area contributed by atoms with Gasteiger partial charge < -0.3 is 19.5 Å². The van der Waals surface area contributed by atoms with Gasteiger partial charge in [0.05, 0.1) is 18.7 Å². The number of aryl methyl sites for hydroxylation is 1. The van der Waals surface area contributed by atoms with Crippen molar-refractivity contribution in [3.05, 3.63) is 53.9 Å². The number of nitrogens with zero attached hydrogens (tertiary/aromatic N) is 3. The molecule has 27 heavy (non-hydrogen) atoms. The standard InChI is InChI=1S/C18H23F3N4O.HI/c1-22-17(25(3)13-14-7-6-11-24(14)2)23-10-12-26-16-9-5-4-8-15(16)18(19,20)21;/h4-9,11H,10,12-13H2,1-3H3,(H,22,23);1H. The van der Waals surface area contributed by atoms with Gasteiger partial charge in [-0.1, -0.05) is 12.1 Å². The van der Waals surface area contributed by atoms with Gasteiger partial charge in [-0.2, -0.15) is 13.2 Å². The number of ether oxygens (including phenoxy) is 1. The number of rotatable bonds is 6. The fourth-order valence-electron chi connectivity index (χ4n) is 2.51. The van der Waals surface area contributed by atoms with Gasteiger partial charge in [-0.25, -0.2) is 0 Å². The molecule has 0 bridgehead atoms. The molecule has 0 aliphatic carbocycles. The van der Waals surface area contributed by atoms with Crippen LogP contribution in [0.3, 0.4) is 0 Å². The molecule has 1 heterocycles. The van der Waals surface area contributed by atoms with E-state index in [-0.39, 0.29) is 36.3 Å². The van der Waals surface area contributed by atoms with Crippen LogP contribution in [0.5, 0.6) is 5.75 Å². The highest BCUT2D eigenvalue weighted by Crippen LogP contribution is 2.35. The summed E-state index contributed by atoms with van der Waals surface area (Å²) in [5.41, 5.74) is 0.344. The Morgan fingerprint density at radius 1 is 1.22 bits per heavy atom. The Balaban J connectivity index is 0.00000364. The van der Waals surface area contributed by atoms with E-state index in [0.717, 1.165) is 11.8 Å². The maximum absolute atomic E-state index is 12.9. The average molecular weight is 496 g/mol. The number of aromatic nitrogens is 1. The number of hydrogen-bond donors (Lipinski definition) is 1. The number of hydrogen-bond acceptors (Lipinski definition) is 2. The van der Waals surface area contributed by atoms with E-state index in [4.69, 9.17) is 4.74 Å². The molecule has 1 aromatic heterocycles. The maximum Gasteiger partial charge on any atom is 0.419 e. The smallest absolute Gasteiger partial charge is 0.419 e. The van der Waals surface area contributed by atoms with Gasteiger partial charge in [-0.15, -0.1) is 24.0 Å². The zero-order valence-electron chi connectivity index (χ0n) is 15.5. The van der Waals surface area contributed by atoms with Gasteiger partial charge in [0.25, 0.3) is 0 Å². The lowest BCUT2D eigenvalue weighted by Gasteiger charge is -2.22. The van der Waals surface area contributed by atoms with Crippen LogP contribution in [0.15, 0.2) is 47.6 Å². The van der Waals surface area contributed by atoms with Gasteiger partial charge in [0, 0.05) is 33.0 Å². The molecule has 1 N–H and O–H groups in total. The maximum atomic E-state index is 12.9. The van der Waals surface area contributed by atoms with Crippen LogP contribution in [0.4, 0.5) is 13.2 Å². The Kier molecular flexibility index (Phi) is 8.94. The van der Waals surface area contributed by atoms with E-state index in [2.05, 4.69) is 10.3 Å². The first-order valence-electron chi connectivity index (χ1n) is 8.14. The third kappa shape index (κ3) is 6.64. The number of para-hydroxylation sites is 1. The van der Waals surface area contributed by atoms with Crippen LogP contribution in [0.2, 0.25) is 0 Å². The minimum atomic E-state index is -4.44. The topological polar surface area (TPSA) is 41.8 Å². The lowest BCUT2D eigenvalue weighted by atomic mass is 10.2. The molecule has 1 aromatic carbocycles. The van der Waals surface area contributed by atoms with E-state index in [9.17, 15) is 13.2 Å². The van der Waals surface area contributed by atoms with E-state index < -0.39 is 11.7 Å². The number of nitrogens with one attached hydrogen (secondary N) is 1. The Labute approximate surface area is 174 Å². The molecule has 9 heteroatoms. The molecular weight excluding hydrogens is 472 g/mol. The summed E-state index contributed by atoms with van der Waals surface area (Å²) in [6, 6.07) is 9.17. The largest absolute Gasteiger partial charge is 0.491 e. The predicted octanol–water partition coefficient (Wildman–Crippen LogP) is 3.75. The molecule has 0 fully saturated rings. The summed E-state index contributed by atoms with van der Waals surface area (Å²) in [7, 11) is 5.51. The summed E-state index contributed by atoms with van der Waals surface area (Å²) >= 11 is 0. The van der Waals surface area contributed by atoms with E-state index >= 15 is 0 Å². The van der Waals surface area contributed by atoms with Gasteiger partial charge >= 0.3 is 6.18 Å². The van der Waals surface area contributed by atoms with Crippen LogP contribution in [-0.2, 0) is 19.8 Å². The summed E-state index contributed by atoms with van der Waals surface area (Å²) in [5, 5.41) is 3.09. The first kappa shape index (κ1) is 23.1. The lowest BCUT2D eigenvalue weighted by Crippen LogP contribution is -2.40. The second-order valence-corrected chi connectivity index (χ2v) is 5.78. The van der Waals surface area contributed by atoms with Crippen LogP contribution in [0.1, 0.15) is 11.3 Å². The number of guanidine groups is 1. The van der Waals surface area contributed by atoms with Crippen molar-refractivity contribution in [2.24, 2.45) is 12.0 Å². The van der Waals surface area contributed by atoms with Gasteiger partial charge in [0.2, 0.25) is 0 Å². The van der Waals surface area contributed by atoms with Crippen molar-refractivity contribution in [3.63, 3.8) is 0 Å². The number of halogens is 4. The van der Waals surface area contributed by atoms with Crippen molar-refractivity contribution in [2.45, 2.75) is 12.7 Å². The molecule has 0 unspecified atom stereocenters. The molecule has 0 saturated carbocycles. The van der Waals surface area contributed by atoms with Crippen LogP contribution >= 0.6 is 24.0 Å².